The van der Waals surface area contributed by atoms with Crippen molar-refractivity contribution in [2.24, 2.45) is 5.41 Å². The van der Waals surface area contributed by atoms with Crippen LogP contribution in [0.1, 0.15) is 88.0 Å². The monoisotopic (exact) mass is 587 g/mol. The number of aliphatic carboxylic acids is 1. The number of alkyl halides is 1. The van der Waals surface area contributed by atoms with Gasteiger partial charge in [-0.15, -0.1) is 0 Å². The van der Waals surface area contributed by atoms with Crippen LogP contribution in [0, 0.1) is 5.41 Å². The van der Waals surface area contributed by atoms with E-state index in [2.05, 4.69) is 30.4 Å². The lowest BCUT2D eigenvalue weighted by Crippen LogP contribution is -2.24. The summed E-state index contributed by atoms with van der Waals surface area (Å²) < 4.78 is 14.4. The Labute approximate surface area is 252 Å². The Bertz CT molecular complexity index is 1550. The number of rotatable bonds is 12. The molecule has 0 radical (unpaired) electrons. The highest BCUT2D eigenvalue weighted by Gasteiger charge is 2.55. The maximum Gasteiger partial charge on any atom is 0.304 e. The molecule has 1 saturated carbocycles. The van der Waals surface area contributed by atoms with E-state index >= 15 is 0 Å². The minimum absolute atomic E-state index is 0.121. The van der Waals surface area contributed by atoms with Crippen LogP contribution in [-0.2, 0) is 4.79 Å². The summed E-state index contributed by atoms with van der Waals surface area (Å²) in [7, 11) is 0. The van der Waals surface area contributed by atoms with Crippen LogP contribution in [0.4, 0.5) is 4.39 Å². The molecule has 0 unspecified atom stereocenters. The van der Waals surface area contributed by atoms with Crippen molar-refractivity contribution in [3.8, 4) is 0 Å². The Morgan fingerprint density at radius 1 is 1.12 bits per heavy atom. The van der Waals surface area contributed by atoms with Crippen LogP contribution in [0.2, 0.25) is 5.02 Å². The normalized spacial score (nSPS) is 21.3. The number of nitrogens with zero attached hydrogens (tertiary/aromatic N) is 1. The van der Waals surface area contributed by atoms with Gasteiger partial charge in [0.1, 0.15) is 6.17 Å². The molecule has 0 saturated heterocycles. The summed E-state index contributed by atoms with van der Waals surface area (Å²) in [6.07, 6.45) is 12.3. The molecule has 2 aliphatic carbocycles. The number of aliphatic hydroxyl groups is 1. The van der Waals surface area contributed by atoms with Crippen molar-refractivity contribution in [2.45, 2.75) is 82.9 Å². The van der Waals surface area contributed by atoms with Gasteiger partial charge in [0.2, 0.25) is 0 Å². The topological polar surface area (TPSA) is 70.4 Å². The van der Waals surface area contributed by atoms with Gasteiger partial charge in [-0.2, -0.15) is 0 Å². The largest absolute Gasteiger partial charge is 0.481 e. The minimum atomic E-state index is -1.04. The standard InChI is InChI=1S/C36H39ClFNO3/c1-35(2,42)31-9-4-3-7-26(31)12-11-25(18-19-36(22-33(36)38)23-34(40)41)28-8-5-6-24(20-28)10-16-30-17-14-27-13-15-29(37)21-32(27)39-30/h5-10,13-17,20-21,25,33,42H,3-4,11-12,18-19,22-23H2,1-2H3,(H,40,41)/b16-10+/t25-,33+,36+/m0/s1. The lowest BCUT2D eigenvalue weighted by Gasteiger charge is -2.28. The first-order valence-corrected chi connectivity index (χ1v) is 15.2. The molecule has 5 rings (SSSR count). The highest BCUT2D eigenvalue weighted by molar-refractivity contribution is 6.31. The number of hydrogen-bond donors (Lipinski definition) is 2. The van der Waals surface area contributed by atoms with Crippen molar-refractivity contribution >= 4 is 40.6 Å². The average molecular weight is 588 g/mol. The van der Waals surface area contributed by atoms with E-state index in [1.807, 2.05) is 62.4 Å². The zero-order valence-electron chi connectivity index (χ0n) is 24.3. The van der Waals surface area contributed by atoms with Crippen molar-refractivity contribution in [1.29, 1.82) is 0 Å². The predicted octanol–water partition coefficient (Wildman–Crippen LogP) is 9.32. The van der Waals surface area contributed by atoms with Gasteiger partial charge in [0.15, 0.2) is 0 Å². The first kappa shape index (κ1) is 30.2. The highest BCUT2D eigenvalue weighted by Crippen LogP contribution is 2.56. The number of benzene rings is 2. The Balaban J connectivity index is 1.37. The number of allylic oxidation sites excluding steroid dienone is 2. The molecule has 1 aromatic heterocycles. The van der Waals surface area contributed by atoms with E-state index in [0.717, 1.165) is 59.0 Å². The van der Waals surface area contributed by atoms with E-state index in [-0.39, 0.29) is 12.3 Å². The quantitative estimate of drug-likeness (QED) is 0.221. The average Bonchev–Trinajstić information content (AvgIpc) is 3.58. The van der Waals surface area contributed by atoms with Crippen molar-refractivity contribution < 1.29 is 19.4 Å². The van der Waals surface area contributed by atoms with Crippen LogP contribution in [0.15, 0.2) is 77.9 Å². The van der Waals surface area contributed by atoms with Gasteiger partial charge in [0.25, 0.3) is 0 Å². The fourth-order valence-corrected chi connectivity index (χ4v) is 6.47. The Morgan fingerprint density at radius 2 is 1.88 bits per heavy atom. The second kappa shape index (κ2) is 12.5. The van der Waals surface area contributed by atoms with Crippen molar-refractivity contribution in [3.63, 3.8) is 0 Å². The first-order chi connectivity index (χ1) is 20.0. The lowest BCUT2D eigenvalue weighted by molar-refractivity contribution is -0.138. The Kier molecular flexibility index (Phi) is 9.00. The molecule has 1 heterocycles. The van der Waals surface area contributed by atoms with Crippen molar-refractivity contribution in [2.75, 3.05) is 0 Å². The van der Waals surface area contributed by atoms with Gasteiger partial charge in [-0.3, -0.25) is 4.79 Å². The van der Waals surface area contributed by atoms with Crippen molar-refractivity contribution in [3.05, 3.63) is 99.7 Å². The number of aromatic nitrogens is 1. The SMILES string of the molecule is CC(C)(O)C1=CCCC=C1CC[C@@H](CC[C@]1(CC(=O)O)C[C@H]1F)c1cccc(/C=C/c2ccc3ccc(Cl)cc3n2)c1. The molecular formula is C36H39ClFNO3. The molecule has 220 valence electrons. The molecule has 1 fully saturated rings. The molecule has 6 heteroatoms. The van der Waals surface area contributed by atoms with Gasteiger partial charge in [-0.05, 0) is 111 Å². The van der Waals surface area contributed by atoms with E-state index in [0.29, 0.717) is 24.3 Å². The summed E-state index contributed by atoms with van der Waals surface area (Å²) in [5, 5.41) is 21.9. The van der Waals surface area contributed by atoms with Crippen LogP contribution in [0.25, 0.3) is 23.1 Å². The van der Waals surface area contributed by atoms with E-state index in [1.165, 1.54) is 5.57 Å². The summed E-state index contributed by atoms with van der Waals surface area (Å²) >= 11 is 6.16. The molecule has 0 aliphatic heterocycles. The van der Waals surface area contributed by atoms with E-state index in [4.69, 9.17) is 16.6 Å². The molecule has 42 heavy (non-hydrogen) atoms. The lowest BCUT2D eigenvalue weighted by atomic mass is 9.80. The third kappa shape index (κ3) is 7.37. The number of carboxylic acids is 1. The number of halogens is 2. The maximum atomic E-state index is 14.4. The molecule has 0 amide bonds. The molecule has 4 nitrogen and oxygen atoms in total. The minimum Gasteiger partial charge on any atom is -0.481 e. The van der Waals surface area contributed by atoms with Crippen LogP contribution >= 0.6 is 11.6 Å². The van der Waals surface area contributed by atoms with Gasteiger partial charge in [-0.1, -0.05) is 66.2 Å². The van der Waals surface area contributed by atoms with Gasteiger partial charge in [0, 0.05) is 15.8 Å². The van der Waals surface area contributed by atoms with Crippen molar-refractivity contribution in [1.82, 2.24) is 4.98 Å². The van der Waals surface area contributed by atoms with Crippen LogP contribution in [0.3, 0.4) is 0 Å². The molecular weight excluding hydrogens is 549 g/mol. The fourth-order valence-electron chi connectivity index (χ4n) is 6.30. The van der Waals surface area contributed by atoms with Crippen LogP contribution in [0.5, 0.6) is 0 Å². The Hall–Kier alpha value is -3.28. The van der Waals surface area contributed by atoms with Crippen LogP contribution < -0.4 is 0 Å². The van der Waals surface area contributed by atoms with E-state index in [9.17, 15) is 19.4 Å². The third-order valence-corrected chi connectivity index (χ3v) is 9.00. The smallest absolute Gasteiger partial charge is 0.304 e. The second-order valence-electron chi connectivity index (χ2n) is 12.4. The Morgan fingerprint density at radius 3 is 2.62 bits per heavy atom. The molecule has 2 N–H and O–H groups in total. The zero-order chi connectivity index (χ0) is 29.9. The van der Waals surface area contributed by atoms with E-state index < -0.39 is 23.2 Å². The maximum absolute atomic E-state index is 14.4. The summed E-state index contributed by atoms with van der Waals surface area (Å²) in [5.74, 6) is -0.806. The van der Waals surface area contributed by atoms with Gasteiger partial charge in [0.05, 0.1) is 23.2 Å². The van der Waals surface area contributed by atoms with Gasteiger partial charge >= 0.3 is 5.97 Å². The zero-order valence-corrected chi connectivity index (χ0v) is 25.1. The summed E-state index contributed by atoms with van der Waals surface area (Å²) in [6, 6.07) is 18.1. The number of carbonyl (C=O) groups is 1. The molecule has 3 aromatic rings. The summed E-state index contributed by atoms with van der Waals surface area (Å²) in [6.45, 7) is 3.66. The summed E-state index contributed by atoms with van der Waals surface area (Å²) in [4.78, 5) is 16.2. The highest BCUT2D eigenvalue weighted by atomic mass is 35.5. The van der Waals surface area contributed by atoms with Gasteiger partial charge in [-0.25, -0.2) is 9.37 Å². The third-order valence-electron chi connectivity index (χ3n) is 8.76. The molecule has 0 spiro atoms. The predicted molar refractivity (Wildman–Crippen MR) is 169 cm³/mol. The van der Waals surface area contributed by atoms with Crippen LogP contribution in [-0.4, -0.2) is 32.9 Å². The first-order valence-electron chi connectivity index (χ1n) is 14.9. The fraction of sp³-hybridized carbons (Fsp3) is 0.389. The molecule has 2 aromatic carbocycles. The number of pyridine rings is 1. The molecule has 3 atom stereocenters. The molecule has 0 bridgehead atoms. The second-order valence-corrected chi connectivity index (χ2v) is 12.9. The molecule has 2 aliphatic rings. The number of fused-ring (bicyclic) bond motifs is 1. The van der Waals surface area contributed by atoms with Gasteiger partial charge < -0.3 is 10.2 Å². The number of hydrogen-bond acceptors (Lipinski definition) is 3. The number of carboxylic acid groups (broad SMARTS) is 1. The van der Waals surface area contributed by atoms with E-state index in [1.54, 1.807) is 0 Å². The summed E-state index contributed by atoms with van der Waals surface area (Å²) in [5.41, 5.74) is 4.38.